The smallest absolute Gasteiger partial charge is 0.0687 e. The van der Waals surface area contributed by atoms with E-state index < -0.39 is 0 Å². The van der Waals surface area contributed by atoms with Crippen LogP contribution in [0.25, 0.3) is 0 Å². The van der Waals surface area contributed by atoms with Gasteiger partial charge in [0.05, 0.1) is 17.4 Å². The molecule has 17 heavy (non-hydrogen) atoms. The van der Waals surface area contributed by atoms with Crippen LogP contribution in [0.3, 0.4) is 0 Å². The van der Waals surface area contributed by atoms with Crippen molar-refractivity contribution < 1.29 is 0 Å². The van der Waals surface area contributed by atoms with Crippen LogP contribution >= 0.6 is 15.9 Å². The van der Waals surface area contributed by atoms with E-state index in [1.807, 2.05) is 6.07 Å². The Hall–Kier alpha value is -1.48. The van der Waals surface area contributed by atoms with Crippen LogP contribution in [0.2, 0.25) is 0 Å². The molecule has 2 aromatic rings. The average Bonchev–Trinajstić information content (AvgIpc) is 2.39. The van der Waals surface area contributed by atoms with Crippen molar-refractivity contribution in [3.63, 3.8) is 0 Å². The standard InChI is InChI=1S/C14H13BrN2/c15-11-7-5-10(6-8-11)14-9-16-12-3-1-2-4-13(12)17-14/h1-8,14,16-17H,9H2/t14-/m0/s1. The monoisotopic (exact) mass is 288 g/mol. The Morgan fingerprint density at radius 2 is 1.65 bits per heavy atom. The van der Waals surface area contributed by atoms with E-state index in [4.69, 9.17) is 0 Å². The molecule has 3 heteroatoms. The first kappa shape index (κ1) is 10.7. The zero-order valence-electron chi connectivity index (χ0n) is 9.28. The van der Waals surface area contributed by atoms with Gasteiger partial charge in [0.25, 0.3) is 0 Å². The van der Waals surface area contributed by atoms with Crippen LogP contribution in [-0.4, -0.2) is 6.54 Å². The summed E-state index contributed by atoms with van der Waals surface area (Å²) in [6, 6.07) is 17.1. The van der Waals surface area contributed by atoms with E-state index in [-0.39, 0.29) is 0 Å². The molecule has 0 aliphatic carbocycles. The van der Waals surface area contributed by atoms with Crippen LogP contribution in [0.15, 0.2) is 53.0 Å². The van der Waals surface area contributed by atoms with Gasteiger partial charge in [-0.15, -0.1) is 0 Å². The minimum Gasteiger partial charge on any atom is -0.381 e. The number of rotatable bonds is 1. The number of halogens is 1. The maximum atomic E-state index is 3.55. The normalized spacial score (nSPS) is 17.8. The fourth-order valence-corrected chi connectivity index (χ4v) is 2.37. The Bertz CT molecular complexity index is 522. The average molecular weight is 289 g/mol. The molecule has 0 spiro atoms. The fraction of sp³-hybridized carbons (Fsp3) is 0.143. The molecule has 3 rings (SSSR count). The molecule has 0 saturated carbocycles. The second kappa shape index (κ2) is 4.41. The lowest BCUT2D eigenvalue weighted by molar-refractivity contribution is 0.803. The quantitative estimate of drug-likeness (QED) is 0.828. The number of nitrogens with one attached hydrogen (secondary N) is 2. The van der Waals surface area contributed by atoms with Crippen LogP contribution < -0.4 is 10.6 Å². The first-order valence-corrected chi connectivity index (χ1v) is 6.47. The molecule has 2 nitrogen and oxygen atoms in total. The van der Waals surface area contributed by atoms with E-state index in [0.717, 1.165) is 11.0 Å². The molecule has 0 unspecified atom stereocenters. The summed E-state index contributed by atoms with van der Waals surface area (Å²) < 4.78 is 1.12. The summed E-state index contributed by atoms with van der Waals surface area (Å²) in [4.78, 5) is 0. The van der Waals surface area contributed by atoms with E-state index in [1.165, 1.54) is 16.9 Å². The van der Waals surface area contributed by atoms with E-state index >= 15 is 0 Å². The van der Waals surface area contributed by atoms with Gasteiger partial charge in [0.2, 0.25) is 0 Å². The molecule has 0 bridgehead atoms. The second-order valence-corrected chi connectivity index (χ2v) is 5.09. The largest absolute Gasteiger partial charge is 0.381 e. The molecule has 1 heterocycles. The molecule has 86 valence electrons. The SMILES string of the molecule is Brc1ccc([C@@H]2CNc3ccccc3N2)cc1. The maximum Gasteiger partial charge on any atom is 0.0687 e. The van der Waals surface area contributed by atoms with Crippen LogP contribution in [0.4, 0.5) is 11.4 Å². The number of hydrogen-bond donors (Lipinski definition) is 2. The molecule has 1 aliphatic rings. The molecule has 2 aromatic carbocycles. The first-order valence-electron chi connectivity index (χ1n) is 5.68. The molecule has 1 atom stereocenters. The first-order chi connectivity index (χ1) is 8.33. The van der Waals surface area contributed by atoms with Crippen LogP contribution in [0.1, 0.15) is 11.6 Å². The van der Waals surface area contributed by atoms with Gasteiger partial charge in [-0.3, -0.25) is 0 Å². The lowest BCUT2D eigenvalue weighted by Gasteiger charge is -2.28. The molecular formula is C14H13BrN2. The summed E-state index contributed by atoms with van der Waals surface area (Å²) >= 11 is 3.46. The third-order valence-corrected chi connectivity index (χ3v) is 3.55. The predicted molar refractivity (Wildman–Crippen MR) is 75.4 cm³/mol. The predicted octanol–water partition coefficient (Wildman–Crippen LogP) is 4.03. The summed E-state index contributed by atoms with van der Waals surface area (Å²) in [6.07, 6.45) is 0. The van der Waals surface area contributed by atoms with Gasteiger partial charge in [0.15, 0.2) is 0 Å². The summed E-state index contributed by atoms with van der Waals surface area (Å²) in [5.74, 6) is 0. The number of fused-ring (bicyclic) bond motifs is 1. The lowest BCUT2D eigenvalue weighted by Crippen LogP contribution is -2.25. The molecule has 0 saturated heterocycles. The van der Waals surface area contributed by atoms with Crippen molar-refractivity contribution in [3.05, 3.63) is 58.6 Å². The van der Waals surface area contributed by atoms with Crippen molar-refractivity contribution in [2.75, 3.05) is 17.2 Å². The lowest BCUT2D eigenvalue weighted by atomic mass is 10.0. The van der Waals surface area contributed by atoms with Crippen molar-refractivity contribution in [3.8, 4) is 0 Å². The third-order valence-electron chi connectivity index (χ3n) is 3.03. The van der Waals surface area contributed by atoms with Crippen LogP contribution in [0.5, 0.6) is 0 Å². The minimum atomic E-state index is 0.331. The number of anilines is 2. The summed E-state index contributed by atoms with van der Waals surface area (Å²) in [6.45, 7) is 0.915. The Kier molecular flexibility index (Phi) is 2.77. The topological polar surface area (TPSA) is 24.1 Å². The van der Waals surface area contributed by atoms with E-state index in [9.17, 15) is 0 Å². The zero-order chi connectivity index (χ0) is 11.7. The Labute approximate surface area is 109 Å². The highest BCUT2D eigenvalue weighted by Gasteiger charge is 2.17. The highest BCUT2D eigenvalue weighted by molar-refractivity contribution is 9.10. The van der Waals surface area contributed by atoms with Crippen LogP contribution in [0, 0.1) is 0 Å². The molecular weight excluding hydrogens is 276 g/mol. The molecule has 0 radical (unpaired) electrons. The fourth-order valence-electron chi connectivity index (χ4n) is 2.11. The Morgan fingerprint density at radius 3 is 2.41 bits per heavy atom. The van der Waals surface area contributed by atoms with Crippen molar-refractivity contribution in [2.45, 2.75) is 6.04 Å². The van der Waals surface area contributed by atoms with Crippen molar-refractivity contribution in [1.29, 1.82) is 0 Å². The second-order valence-electron chi connectivity index (χ2n) is 4.17. The minimum absolute atomic E-state index is 0.331. The molecule has 1 aliphatic heterocycles. The van der Waals surface area contributed by atoms with Gasteiger partial charge < -0.3 is 10.6 Å². The van der Waals surface area contributed by atoms with Gasteiger partial charge in [-0.25, -0.2) is 0 Å². The molecule has 0 fully saturated rings. The van der Waals surface area contributed by atoms with Gasteiger partial charge >= 0.3 is 0 Å². The zero-order valence-corrected chi connectivity index (χ0v) is 10.9. The number of benzene rings is 2. The number of para-hydroxylation sites is 2. The van der Waals surface area contributed by atoms with E-state index in [1.54, 1.807) is 0 Å². The summed E-state index contributed by atoms with van der Waals surface area (Å²) in [7, 11) is 0. The van der Waals surface area contributed by atoms with E-state index in [2.05, 4.69) is 69.0 Å². The Morgan fingerprint density at radius 1 is 0.941 bits per heavy atom. The number of hydrogen-bond acceptors (Lipinski definition) is 2. The van der Waals surface area contributed by atoms with Gasteiger partial charge in [-0.2, -0.15) is 0 Å². The molecule has 0 amide bonds. The van der Waals surface area contributed by atoms with Crippen molar-refractivity contribution in [1.82, 2.24) is 0 Å². The third kappa shape index (κ3) is 2.15. The maximum absolute atomic E-state index is 3.55. The highest BCUT2D eigenvalue weighted by Crippen LogP contribution is 2.31. The van der Waals surface area contributed by atoms with Gasteiger partial charge in [-0.05, 0) is 29.8 Å². The van der Waals surface area contributed by atoms with Gasteiger partial charge in [0, 0.05) is 11.0 Å². The van der Waals surface area contributed by atoms with Crippen molar-refractivity contribution in [2.24, 2.45) is 0 Å². The summed E-state index contributed by atoms with van der Waals surface area (Å²) in [5.41, 5.74) is 3.66. The van der Waals surface area contributed by atoms with Gasteiger partial charge in [0.1, 0.15) is 0 Å². The Balaban J connectivity index is 1.86. The van der Waals surface area contributed by atoms with Crippen molar-refractivity contribution >= 4 is 27.3 Å². The van der Waals surface area contributed by atoms with Crippen LogP contribution in [-0.2, 0) is 0 Å². The highest BCUT2D eigenvalue weighted by atomic mass is 79.9. The van der Waals surface area contributed by atoms with Gasteiger partial charge in [-0.1, -0.05) is 40.2 Å². The molecule has 0 aromatic heterocycles. The summed E-state index contributed by atoms with van der Waals surface area (Å²) in [5, 5.41) is 7.01. The molecule has 2 N–H and O–H groups in total. The van der Waals surface area contributed by atoms with E-state index in [0.29, 0.717) is 6.04 Å².